The van der Waals surface area contributed by atoms with Crippen LogP contribution < -0.4 is 5.73 Å². The van der Waals surface area contributed by atoms with Crippen LogP contribution in [-0.2, 0) is 6.42 Å². The van der Waals surface area contributed by atoms with Crippen molar-refractivity contribution >= 4 is 28.0 Å². The molecule has 2 N–H and O–H groups in total. The van der Waals surface area contributed by atoms with Gasteiger partial charge in [-0.25, -0.2) is 14.5 Å². The molecule has 1 fully saturated rings. The third kappa shape index (κ3) is 3.41. The molecule has 0 saturated carbocycles. The number of rotatable bonds is 3. The van der Waals surface area contributed by atoms with Gasteiger partial charge in [0.15, 0.2) is 10.8 Å². The average Bonchev–Trinajstić information content (AvgIpc) is 3.22. The molecule has 0 bridgehead atoms. The van der Waals surface area contributed by atoms with Gasteiger partial charge < -0.3 is 10.6 Å². The number of nitrogens with zero attached hydrogens (tertiary/aromatic N) is 5. The fourth-order valence-corrected chi connectivity index (χ4v) is 4.21. The van der Waals surface area contributed by atoms with E-state index >= 15 is 0 Å². The van der Waals surface area contributed by atoms with Crippen LogP contribution in [-0.4, -0.2) is 43.0 Å². The molecule has 1 atom stereocenters. The van der Waals surface area contributed by atoms with E-state index in [1.807, 2.05) is 22.4 Å². The van der Waals surface area contributed by atoms with E-state index in [1.54, 1.807) is 4.52 Å². The van der Waals surface area contributed by atoms with Gasteiger partial charge in [-0.1, -0.05) is 19.8 Å². The van der Waals surface area contributed by atoms with Crippen molar-refractivity contribution in [3.8, 4) is 11.4 Å². The Morgan fingerprint density at radius 1 is 1.26 bits per heavy atom. The van der Waals surface area contributed by atoms with E-state index in [9.17, 15) is 4.79 Å². The zero-order chi connectivity index (χ0) is 19.0. The lowest BCUT2D eigenvalue weighted by Gasteiger charge is -2.27. The maximum atomic E-state index is 13.2. The number of carbonyl (C=O) groups is 1. The highest BCUT2D eigenvalue weighted by atomic mass is 32.1. The molecule has 142 valence electrons. The fraction of sp³-hybridized carbons (Fsp3) is 0.474. The van der Waals surface area contributed by atoms with Gasteiger partial charge in [0, 0.05) is 29.7 Å². The number of aromatic nitrogens is 4. The molecule has 27 heavy (non-hydrogen) atoms. The molecule has 1 aliphatic heterocycles. The molecule has 1 saturated heterocycles. The molecule has 0 aromatic carbocycles. The Morgan fingerprint density at radius 2 is 2.11 bits per heavy atom. The van der Waals surface area contributed by atoms with Gasteiger partial charge in [0.25, 0.3) is 5.91 Å². The molecule has 0 aliphatic carbocycles. The molecule has 8 heteroatoms. The van der Waals surface area contributed by atoms with Gasteiger partial charge in [-0.15, -0.1) is 11.3 Å². The Kier molecular flexibility index (Phi) is 4.82. The molecule has 4 rings (SSSR count). The minimum absolute atomic E-state index is 0.0160. The Bertz CT molecular complexity index is 978. The van der Waals surface area contributed by atoms with Crippen LogP contribution in [0.1, 0.15) is 55.7 Å². The summed E-state index contributed by atoms with van der Waals surface area (Å²) in [6.45, 7) is 4.99. The van der Waals surface area contributed by atoms with Crippen LogP contribution in [0, 0.1) is 0 Å². The lowest BCUT2D eigenvalue weighted by molar-refractivity contribution is 0.0692. The smallest absolute Gasteiger partial charge is 0.272 e. The Morgan fingerprint density at radius 3 is 2.85 bits per heavy atom. The van der Waals surface area contributed by atoms with E-state index in [-0.39, 0.29) is 11.9 Å². The Balaban J connectivity index is 1.74. The lowest BCUT2D eigenvalue weighted by Crippen LogP contribution is -2.38. The first kappa shape index (κ1) is 17.9. The minimum Gasteiger partial charge on any atom is -0.375 e. The molecule has 0 spiro atoms. The Labute approximate surface area is 162 Å². The number of fused-ring (bicyclic) bond motifs is 1. The largest absolute Gasteiger partial charge is 0.375 e. The standard InChI is InChI=1S/C19H24N6OS/c1-3-13-9-15(18(26)24-8-6-4-5-7-12(24)2)21-17-10-14(23-25(13)17)16-11-27-19(20)22-16/h9-12H,3-8H2,1-2H3,(H2,20,22). The number of likely N-dealkylation sites (tertiary alicyclic amines) is 1. The van der Waals surface area contributed by atoms with Crippen LogP contribution in [0.2, 0.25) is 0 Å². The summed E-state index contributed by atoms with van der Waals surface area (Å²) in [4.78, 5) is 24.1. The monoisotopic (exact) mass is 384 g/mol. The van der Waals surface area contributed by atoms with E-state index in [0.717, 1.165) is 42.9 Å². The summed E-state index contributed by atoms with van der Waals surface area (Å²) in [5, 5.41) is 7.02. The summed E-state index contributed by atoms with van der Waals surface area (Å²) in [6.07, 6.45) is 5.23. The Hall–Kier alpha value is -2.48. The summed E-state index contributed by atoms with van der Waals surface area (Å²) >= 11 is 1.38. The number of aryl methyl sites for hydroxylation is 1. The minimum atomic E-state index is 0.0160. The second kappa shape index (κ2) is 7.26. The maximum absolute atomic E-state index is 13.2. The summed E-state index contributed by atoms with van der Waals surface area (Å²) in [5.41, 5.74) is 9.33. The topological polar surface area (TPSA) is 89.4 Å². The lowest BCUT2D eigenvalue weighted by atomic mass is 10.1. The third-order valence-corrected chi connectivity index (χ3v) is 5.85. The molecule has 4 heterocycles. The second-order valence-electron chi connectivity index (χ2n) is 7.05. The number of nitrogens with two attached hydrogens (primary N) is 1. The van der Waals surface area contributed by atoms with Crippen LogP contribution in [0.4, 0.5) is 5.13 Å². The van der Waals surface area contributed by atoms with Crippen LogP contribution in [0.5, 0.6) is 0 Å². The highest BCUT2D eigenvalue weighted by molar-refractivity contribution is 7.13. The first-order valence-corrected chi connectivity index (χ1v) is 10.4. The van der Waals surface area contributed by atoms with Crippen molar-refractivity contribution in [3.63, 3.8) is 0 Å². The highest BCUT2D eigenvalue weighted by Crippen LogP contribution is 2.24. The zero-order valence-corrected chi connectivity index (χ0v) is 16.5. The SMILES string of the molecule is CCc1cc(C(=O)N2CCCCCC2C)nc2cc(-c3csc(N)n3)nn12. The van der Waals surface area contributed by atoms with Gasteiger partial charge in [-0.3, -0.25) is 4.79 Å². The fourth-order valence-electron chi connectivity index (χ4n) is 3.65. The van der Waals surface area contributed by atoms with E-state index < -0.39 is 0 Å². The number of hydrogen-bond acceptors (Lipinski definition) is 6. The maximum Gasteiger partial charge on any atom is 0.272 e. The van der Waals surface area contributed by atoms with Crippen molar-refractivity contribution < 1.29 is 4.79 Å². The van der Waals surface area contributed by atoms with Gasteiger partial charge >= 0.3 is 0 Å². The van der Waals surface area contributed by atoms with Crippen molar-refractivity contribution in [3.05, 3.63) is 28.9 Å². The zero-order valence-electron chi connectivity index (χ0n) is 15.7. The quantitative estimate of drug-likeness (QED) is 0.747. The molecular formula is C19H24N6OS. The van der Waals surface area contributed by atoms with Gasteiger partial charge in [-0.2, -0.15) is 5.10 Å². The normalized spacial score (nSPS) is 18.0. The van der Waals surface area contributed by atoms with E-state index in [1.165, 1.54) is 24.2 Å². The molecule has 0 radical (unpaired) electrons. The predicted octanol–water partition coefficient (Wildman–Crippen LogP) is 3.40. The number of thiazole rings is 1. The number of nitrogen functional groups attached to an aromatic ring is 1. The first-order valence-electron chi connectivity index (χ1n) is 9.49. The highest BCUT2D eigenvalue weighted by Gasteiger charge is 2.25. The average molecular weight is 385 g/mol. The van der Waals surface area contributed by atoms with Gasteiger partial charge in [0.1, 0.15) is 17.1 Å². The van der Waals surface area contributed by atoms with E-state index in [0.29, 0.717) is 16.5 Å². The number of hydrogen-bond donors (Lipinski definition) is 1. The van der Waals surface area contributed by atoms with Crippen LogP contribution in [0.25, 0.3) is 17.0 Å². The predicted molar refractivity (Wildman–Crippen MR) is 107 cm³/mol. The van der Waals surface area contributed by atoms with Crippen molar-refractivity contribution in [1.29, 1.82) is 0 Å². The summed E-state index contributed by atoms with van der Waals surface area (Å²) in [7, 11) is 0. The molecule has 3 aromatic heterocycles. The van der Waals surface area contributed by atoms with Gasteiger partial charge in [0.05, 0.1) is 0 Å². The van der Waals surface area contributed by atoms with Crippen LogP contribution in [0.15, 0.2) is 17.5 Å². The van der Waals surface area contributed by atoms with Crippen molar-refractivity contribution in [2.75, 3.05) is 12.3 Å². The summed E-state index contributed by atoms with van der Waals surface area (Å²) in [6, 6.07) is 4.00. The van der Waals surface area contributed by atoms with Crippen molar-refractivity contribution in [1.82, 2.24) is 24.5 Å². The van der Waals surface area contributed by atoms with E-state index in [2.05, 4.69) is 28.9 Å². The molecule has 1 aliphatic rings. The molecule has 3 aromatic rings. The summed E-state index contributed by atoms with van der Waals surface area (Å²) < 4.78 is 1.80. The third-order valence-electron chi connectivity index (χ3n) is 5.18. The van der Waals surface area contributed by atoms with Gasteiger partial charge in [-0.05, 0) is 32.3 Å². The second-order valence-corrected chi connectivity index (χ2v) is 7.94. The van der Waals surface area contributed by atoms with Crippen molar-refractivity contribution in [2.45, 2.75) is 52.0 Å². The van der Waals surface area contributed by atoms with Crippen molar-refractivity contribution in [2.24, 2.45) is 0 Å². The first-order chi connectivity index (χ1) is 13.1. The molecule has 1 amide bonds. The summed E-state index contributed by atoms with van der Waals surface area (Å²) in [5.74, 6) is 0.0160. The number of carbonyl (C=O) groups excluding carboxylic acids is 1. The molecule has 7 nitrogen and oxygen atoms in total. The molecular weight excluding hydrogens is 360 g/mol. The van der Waals surface area contributed by atoms with Crippen LogP contribution in [0.3, 0.4) is 0 Å². The molecule has 1 unspecified atom stereocenters. The van der Waals surface area contributed by atoms with E-state index in [4.69, 9.17) is 5.73 Å². The number of amides is 1. The van der Waals surface area contributed by atoms with Gasteiger partial charge in [0.2, 0.25) is 0 Å². The number of anilines is 1. The van der Waals surface area contributed by atoms with Crippen LogP contribution >= 0.6 is 11.3 Å².